The van der Waals surface area contributed by atoms with Gasteiger partial charge in [0, 0.05) is 42.1 Å². The van der Waals surface area contributed by atoms with Gasteiger partial charge in [0.2, 0.25) is 10.0 Å². The monoisotopic (exact) mass is 584 g/mol. The van der Waals surface area contributed by atoms with Crippen LogP contribution in [0.15, 0.2) is 48.6 Å². The Morgan fingerprint density at radius 3 is 2.19 bits per heavy atom. The number of nitrogens with zero attached hydrogens (tertiary/aromatic N) is 1. The Labute approximate surface area is 205 Å². The Kier molecular flexibility index (Phi) is 7.85. The summed E-state index contributed by atoms with van der Waals surface area (Å²) in [5.74, 6) is 0.673. The zero-order valence-electron chi connectivity index (χ0n) is 18.2. The summed E-state index contributed by atoms with van der Waals surface area (Å²) in [7, 11) is -3.64. The van der Waals surface area contributed by atoms with E-state index in [0.29, 0.717) is 56.3 Å². The van der Waals surface area contributed by atoms with Crippen LogP contribution in [-0.4, -0.2) is 36.6 Å². The van der Waals surface area contributed by atoms with Gasteiger partial charge in [-0.15, -0.1) is 0 Å². The van der Waals surface area contributed by atoms with Crippen molar-refractivity contribution < 1.29 is 17.9 Å². The van der Waals surface area contributed by atoms with Crippen LogP contribution in [-0.2, 0) is 16.4 Å². The number of sulfonamides is 1. The minimum atomic E-state index is -3.64. The first kappa shape index (κ1) is 25.0. The molecule has 6 nitrogen and oxygen atoms in total. The number of phenols is 1. The molecule has 0 aliphatic carbocycles. The van der Waals surface area contributed by atoms with E-state index in [-0.39, 0.29) is 16.4 Å². The number of phenolic OH excluding ortho intramolecular Hbond substituents is 1. The molecule has 0 unspecified atom stereocenters. The van der Waals surface area contributed by atoms with Crippen LogP contribution in [0.4, 0.5) is 0 Å². The second kappa shape index (κ2) is 10.1. The van der Waals surface area contributed by atoms with Gasteiger partial charge in [-0.3, -0.25) is 5.41 Å². The highest BCUT2D eigenvalue weighted by atomic mass is 79.9. The Morgan fingerprint density at radius 1 is 1.06 bits per heavy atom. The normalized spacial score (nSPS) is 12.1. The van der Waals surface area contributed by atoms with Gasteiger partial charge in [-0.25, -0.2) is 8.42 Å². The van der Waals surface area contributed by atoms with Gasteiger partial charge in [0.25, 0.3) is 0 Å². The van der Waals surface area contributed by atoms with Crippen molar-refractivity contribution in [2.24, 2.45) is 0 Å². The number of benzene rings is 2. The molecule has 1 aromatic heterocycles. The number of hydrogen-bond acceptors (Lipinski definition) is 5. The Balaban J connectivity index is 2.12. The number of furan rings is 1. The molecule has 2 N–H and O–H groups in total. The van der Waals surface area contributed by atoms with Crippen molar-refractivity contribution in [1.29, 1.82) is 5.41 Å². The first-order chi connectivity index (χ1) is 15.1. The summed E-state index contributed by atoms with van der Waals surface area (Å²) in [5.41, 5.74) is 1.88. The lowest BCUT2D eigenvalue weighted by molar-refractivity contribution is 0.410. The molecule has 9 heteroatoms. The Morgan fingerprint density at radius 2 is 1.66 bits per heavy atom. The van der Waals surface area contributed by atoms with Crippen LogP contribution in [0.2, 0.25) is 0 Å². The standard InChI is InChI=1S/C23H26Br2N2O4S/c1-4-9-27(10-5-2)32(29,30)15-7-8-16-20(13-15)31-19(6-3)21(16)22(26)14-11-17(24)23(28)18(25)12-14/h7-8,11-13,26,28H,4-6,9-10H2,1-3H3. The van der Waals surface area contributed by atoms with Gasteiger partial charge in [-0.05, 0) is 69.0 Å². The molecular weight excluding hydrogens is 560 g/mol. The van der Waals surface area contributed by atoms with Gasteiger partial charge in [-0.2, -0.15) is 4.31 Å². The zero-order valence-corrected chi connectivity index (χ0v) is 22.2. The second-order valence-electron chi connectivity index (χ2n) is 7.48. The summed E-state index contributed by atoms with van der Waals surface area (Å²) in [6, 6.07) is 8.21. The van der Waals surface area contributed by atoms with E-state index in [1.165, 1.54) is 4.31 Å². The molecule has 0 spiro atoms. The first-order valence-electron chi connectivity index (χ1n) is 10.5. The predicted octanol–water partition coefficient (Wildman–Crippen LogP) is 6.45. The maximum absolute atomic E-state index is 13.2. The summed E-state index contributed by atoms with van der Waals surface area (Å²) < 4.78 is 34.8. The molecule has 3 aromatic rings. The number of fused-ring (bicyclic) bond motifs is 1. The van der Waals surface area contributed by atoms with Crippen molar-refractivity contribution in [3.05, 3.63) is 56.2 Å². The third-order valence-corrected chi connectivity index (χ3v) is 8.30. The molecule has 172 valence electrons. The molecule has 0 aliphatic heterocycles. The van der Waals surface area contributed by atoms with E-state index >= 15 is 0 Å². The quantitative estimate of drug-likeness (QED) is 0.282. The van der Waals surface area contributed by atoms with Crippen LogP contribution in [0.25, 0.3) is 11.0 Å². The molecule has 0 amide bonds. The van der Waals surface area contributed by atoms with Gasteiger partial charge < -0.3 is 9.52 Å². The van der Waals surface area contributed by atoms with E-state index in [0.717, 1.165) is 12.8 Å². The number of halogens is 2. The van der Waals surface area contributed by atoms with Gasteiger partial charge in [-0.1, -0.05) is 20.8 Å². The van der Waals surface area contributed by atoms with E-state index in [4.69, 9.17) is 9.83 Å². The van der Waals surface area contributed by atoms with Crippen molar-refractivity contribution in [1.82, 2.24) is 4.31 Å². The van der Waals surface area contributed by atoms with Crippen molar-refractivity contribution in [2.45, 2.75) is 44.9 Å². The summed E-state index contributed by atoms with van der Waals surface area (Å²) in [4.78, 5) is 0.191. The van der Waals surface area contributed by atoms with E-state index in [2.05, 4.69) is 31.9 Å². The highest BCUT2D eigenvalue weighted by Gasteiger charge is 2.26. The fraction of sp³-hybridized carbons (Fsp3) is 0.348. The number of rotatable bonds is 9. The molecule has 2 aromatic carbocycles. The maximum Gasteiger partial charge on any atom is 0.243 e. The Bertz CT molecular complexity index is 1240. The molecule has 0 saturated heterocycles. The Hall–Kier alpha value is -1.68. The molecule has 0 atom stereocenters. The molecule has 32 heavy (non-hydrogen) atoms. The predicted molar refractivity (Wildman–Crippen MR) is 134 cm³/mol. The van der Waals surface area contributed by atoms with Gasteiger partial charge in [0.1, 0.15) is 17.1 Å². The van der Waals surface area contributed by atoms with Crippen LogP contribution in [0, 0.1) is 5.41 Å². The number of hydrogen-bond donors (Lipinski definition) is 2. The lowest BCUT2D eigenvalue weighted by Crippen LogP contribution is -2.32. The van der Waals surface area contributed by atoms with Crippen LogP contribution in [0.5, 0.6) is 5.75 Å². The molecule has 1 heterocycles. The van der Waals surface area contributed by atoms with Gasteiger partial charge in [0.05, 0.1) is 19.6 Å². The molecule has 0 saturated carbocycles. The third kappa shape index (κ3) is 4.66. The average molecular weight is 586 g/mol. The zero-order chi connectivity index (χ0) is 23.6. The highest BCUT2D eigenvalue weighted by Crippen LogP contribution is 2.36. The van der Waals surface area contributed by atoms with Crippen molar-refractivity contribution in [3.8, 4) is 5.75 Å². The summed E-state index contributed by atoms with van der Waals surface area (Å²) >= 11 is 6.63. The van der Waals surface area contributed by atoms with Crippen LogP contribution in [0.3, 0.4) is 0 Å². The van der Waals surface area contributed by atoms with Crippen molar-refractivity contribution in [3.63, 3.8) is 0 Å². The van der Waals surface area contributed by atoms with E-state index in [1.807, 2.05) is 20.8 Å². The molecule has 0 aliphatic rings. The minimum absolute atomic E-state index is 0.0628. The summed E-state index contributed by atoms with van der Waals surface area (Å²) in [6.45, 7) is 6.78. The van der Waals surface area contributed by atoms with E-state index < -0.39 is 10.0 Å². The maximum atomic E-state index is 13.2. The van der Waals surface area contributed by atoms with E-state index in [1.54, 1.807) is 30.3 Å². The SMILES string of the molecule is CCCN(CCC)S(=O)(=O)c1ccc2c(C(=N)c3cc(Br)c(O)c(Br)c3)c(CC)oc2c1. The van der Waals surface area contributed by atoms with Crippen molar-refractivity contribution >= 4 is 58.6 Å². The largest absolute Gasteiger partial charge is 0.506 e. The number of aryl methyl sites for hydroxylation is 1. The number of aromatic hydroxyl groups is 1. The molecule has 3 rings (SSSR count). The molecule has 0 radical (unpaired) electrons. The van der Waals surface area contributed by atoms with Crippen LogP contribution >= 0.6 is 31.9 Å². The highest BCUT2D eigenvalue weighted by molar-refractivity contribution is 9.11. The minimum Gasteiger partial charge on any atom is -0.506 e. The lowest BCUT2D eigenvalue weighted by atomic mass is 9.98. The van der Waals surface area contributed by atoms with Gasteiger partial charge in [0.15, 0.2) is 0 Å². The first-order valence-corrected chi connectivity index (χ1v) is 13.5. The fourth-order valence-corrected chi connectivity index (χ4v) is 6.49. The lowest BCUT2D eigenvalue weighted by Gasteiger charge is -2.20. The van der Waals surface area contributed by atoms with Crippen molar-refractivity contribution in [2.75, 3.05) is 13.1 Å². The second-order valence-corrected chi connectivity index (χ2v) is 11.1. The topological polar surface area (TPSA) is 94.6 Å². The van der Waals surface area contributed by atoms with Crippen LogP contribution < -0.4 is 0 Å². The fourth-order valence-electron chi connectivity index (χ4n) is 3.67. The third-order valence-electron chi connectivity index (χ3n) is 5.19. The average Bonchev–Trinajstić information content (AvgIpc) is 3.14. The van der Waals surface area contributed by atoms with Crippen LogP contribution in [0.1, 0.15) is 50.5 Å². The molecule has 0 bridgehead atoms. The molecule has 0 fully saturated rings. The summed E-state index contributed by atoms with van der Waals surface area (Å²) in [6.07, 6.45) is 2.02. The van der Waals surface area contributed by atoms with Gasteiger partial charge >= 0.3 is 0 Å². The smallest absolute Gasteiger partial charge is 0.243 e. The number of nitrogens with one attached hydrogen (secondary N) is 1. The van der Waals surface area contributed by atoms with E-state index in [9.17, 15) is 13.5 Å². The molecular formula is C23H26Br2N2O4S. The summed E-state index contributed by atoms with van der Waals surface area (Å²) in [5, 5.41) is 19.5.